The van der Waals surface area contributed by atoms with Crippen molar-refractivity contribution in [2.45, 2.75) is 24.1 Å². The number of para-hydroxylation sites is 1. The standard InChI is InChI=1S/C25H23FN2O3S/c1-18-7-9-19(10-8-18)17-32(30,31)24-15-28(23-6-4-3-5-22(23)24)16-25(29)27(2)21-13-11-20(26)12-14-21/h3-15H,16-17H2,1-2H3. The molecule has 32 heavy (non-hydrogen) atoms. The number of halogens is 1. The summed E-state index contributed by atoms with van der Waals surface area (Å²) in [5.41, 5.74) is 2.99. The second kappa shape index (κ2) is 8.59. The smallest absolute Gasteiger partial charge is 0.246 e. The summed E-state index contributed by atoms with van der Waals surface area (Å²) in [6, 6.07) is 20.2. The molecule has 0 saturated heterocycles. The summed E-state index contributed by atoms with van der Waals surface area (Å²) in [5, 5.41) is 0.580. The maximum absolute atomic E-state index is 13.2. The largest absolute Gasteiger partial charge is 0.337 e. The van der Waals surface area contributed by atoms with Crippen LogP contribution in [-0.4, -0.2) is 25.9 Å². The maximum atomic E-state index is 13.2. The lowest BCUT2D eigenvalue weighted by molar-refractivity contribution is -0.118. The van der Waals surface area contributed by atoms with E-state index in [1.165, 1.54) is 35.4 Å². The number of anilines is 1. The van der Waals surface area contributed by atoms with Gasteiger partial charge in [0.1, 0.15) is 12.4 Å². The number of hydrogen-bond donors (Lipinski definition) is 0. The number of aryl methyl sites for hydroxylation is 1. The Kier molecular flexibility index (Phi) is 5.84. The molecule has 0 unspecified atom stereocenters. The van der Waals surface area contributed by atoms with Crippen LogP contribution in [0.25, 0.3) is 10.9 Å². The van der Waals surface area contributed by atoms with Gasteiger partial charge in [-0.25, -0.2) is 12.8 Å². The first-order chi connectivity index (χ1) is 15.2. The molecule has 5 nitrogen and oxygen atoms in total. The Bertz CT molecular complexity index is 1380. The van der Waals surface area contributed by atoms with E-state index in [1.54, 1.807) is 29.8 Å². The molecule has 0 saturated carbocycles. The van der Waals surface area contributed by atoms with Crippen molar-refractivity contribution in [3.05, 3.63) is 95.9 Å². The molecule has 7 heteroatoms. The summed E-state index contributed by atoms with van der Waals surface area (Å²) in [6.45, 7) is 1.90. The Morgan fingerprint density at radius 1 is 0.969 bits per heavy atom. The van der Waals surface area contributed by atoms with Crippen molar-refractivity contribution in [3.8, 4) is 0 Å². The van der Waals surface area contributed by atoms with Crippen LogP contribution in [0.15, 0.2) is 83.9 Å². The summed E-state index contributed by atoms with van der Waals surface area (Å²) < 4.78 is 41.3. The fourth-order valence-corrected chi connectivity index (χ4v) is 5.22. The van der Waals surface area contributed by atoms with Gasteiger partial charge in [0.25, 0.3) is 0 Å². The highest BCUT2D eigenvalue weighted by molar-refractivity contribution is 7.90. The summed E-state index contributed by atoms with van der Waals surface area (Å²) in [7, 11) is -2.02. The molecule has 0 aliphatic carbocycles. The number of carbonyl (C=O) groups excluding carboxylic acids is 1. The first-order valence-electron chi connectivity index (χ1n) is 10.1. The van der Waals surface area contributed by atoms with Crippen molar-refractivity contribution in [3.63, 3.8) is 0 Å². The topological polar surface area (TPSA) is 59.4 Å². The van der Waals surface area contributed by atoms with E-state index in [1.807, 2.05) is 37.3 Å². The van der Waals surface area contributed by atoms with Gasteiger partial charge in [0.05, 0.1) is 10.6 Å². The van der Waals surface area contributed by atoms with Crippen molar-refractivity contribution < 1.29 is 17.6 Å². The minimum atomic E-state index is -3.63. The lowest BCUT2D eigenvalue weighted by Gasteiger charge is -2.18. The van der Waals surface area contributed by atoms with Gasteiger partial charge in [-0.2, -0.15) is 0 Å². The van der Waals surface area contributed by atoms with Crippen LogP contribution in [0.5, 0.6) is 0 Å². The van der Waals surface area contributed by atoms with Gasteiger partial charge in [-0.3, -0.25) is 4.79 Å². The lowest BCUT2D eigenvalue weighted by Crippen LogP contribution is -2.29. The Labute approximate surface area is 186 Å². The third kappa shape index (κ3) is 4.43. The number of sulfone groups is 1. The van der Waals surface area contributed by atoms with Gasteiger partial charge < -0.3 is 9.47 Å². The van der Waals surface area contributed by atoms with Crippen molar-refractivity contribution in [2.75, 3.05) is 11.9 Å². The third-order valence-corrected chi connectivity index (χ3v) is 7.17. The predicted octanol–water partition coefficient (Wildman–Crippen LogP) is 4.73. The minimum absolute atomic E-state index is 0.0472. The van der Waals surface area contributed by atoms with E-state index in [2.05, 4.69) is 0 Å². The molecule has 3 aromatic carbocycles. The van der Waals surface area contributed by atoms with Crippen LogP contribution in [0, 0.1) is 12.7 Å². The number of hydrogen-bond acceptors (Lipinski definition) is 3. The van der Waals surface area contributed by atoms with Gasteiger partial charge in [0.2, 0.25) is 5.91 Å². The summed E-state index contributed by atoms with van der Waals surface area (Å²) in [4.78, 5) is 14.5. The van der Waals surface area contributed by atoms with E-state index >= 15 is 0 Å². The van der Waals surface area contributed by atoms with E-state index in [-0.39, 0.29) is 28.9 Å². The highest BCUT2D eigenvalue weighted by atomic mass is 32.2. The van der Waals surface area contributed by atoms with Gasteiger partial charge in [-0.05, 0) is 42.8 Å². The van der Waals surface area contributed by atoms with E-state index in [0.29, 0.717) is 22.2 Å². The van der Waals surface area contributed by atoms with Crippen molar-refractivity contribution in [1.29, 1.82) is 0 Å². The zero-order valence-electron chi connectivity index (χ0n) is 17.8. The quantitative estimate of drug-likeness (QED) is 0.427. The Hall–Kier alpha value is -3.45. The van der Waals surface area contributed by atoms with E-state index in [0.717, 1.165) is 5.56 Å². The average Bonchev–Trinajstić information content (AvgIpc) is 3.15. The van der Waals surface area contributed by atoms with Crippen molar-refractivity contribution in [2.24, 2.45) is 0 Å². The van der Waals surface area contributed by atoms with Crippen molar-refractivity contribution in [1.82, 2.24) is 4.57 Å². The number of nitrogens with zero attached hydrogens (tertiary/aromatic N) is 2. The van der Waals surface area contributed by atoms with Crippen LogP contribution >= 0.6 is 0 Å². The number of likely N-dealkylation sites (N-methyl/N-ethyl adjacent to an activating group) is 1. The third-order valence-electron chi connectivity index (χ3n) is 5.46. The second-order valence-corrected chi connectivity index (χ2v) is 9.77. The molecule has 0 radical (unpaired) electrons. The highest BCUT2D eigenvalue weighted by Crippen LogP contribution is 2.28. The second-order valence-electron chi connectivity index (χ2n) is 7.81. The first kappa shape index (κ1) is 21.8. The lowest BCUT2D eigenvalue weighted by atomic mass is 10.2. The maximum Gasteiger partial charge on any atom is 0.246 e. The molecule has 0 spiro atoms. The molecule has 0 N–H and O–H groups in total. The highest BCUT2D eigenvalue weighted by Gasteiger charge is 2.23. The zero-order chi connectivity index (χ0) is 22.9. The molecule has 1 amide bonds. The fraction of sp³-hybridized carbons (Fsp3) is 0.160. The molecule has 0 fully saturated rings. The van der Waals surface area contributed by atoms with Crippen LogP contribution in [0.4, 0.5) is 10.1 Å². The molecule has 0 aliphatic heterocycles. The molecular weight excluding hydrogens is 427 g/mol. The number of amides is 1. The molecule has 164 valence electrons. The first-order valence-corrected chi connectivity index (χ1v) is 11.8. The van der Waals surface area contributed by atoms with Gasteiger partial charge in [0.15, 0.2) is 9.84 Å². The SMILES string of the molecule is Cc1ccc(CS(=O)(=O)c2cn(CC(=O)N(C)c3ccc(F)cc3)c3ccccc23)cc1. The van der Waals surface area contributed by atoms with Crippen LogP contribution < -0.4 is 4.90 Å². The molecule has 0 aliphatic rings. The number of fused-ring (bicyclic) bond motifs is 1. The number of rotatable bonds is 6. The summed E-state index contributed by atoms with van der Waals surface area (Å²) in [5.74, 6) is -0.751. The molecular formula is C25H23FN2O3S. The van der Waals surface area contributed by atoms with Gasteiger partial charge in [0, 0.05) is 29.8 Å². The normalized spacial score (nSPS) is 11.6. The number of benzene rings is 3. The summed E-state index contributed by atoms with van der Waals surface area (Å²) in [6.07, 6.45) is 1.53. The Morgan fingerprint density at radius 3 is 2.31 bits per heavy atom. The van der Waals surface area contributed by atoms with Crippen LogP contribution in [0.1, 0.15) is 11.1 Å². The molecule has 0 atom stereocenters. The van der Waals surface area contributed by atoms with Gasteiger partial charge in [-0.15, -0.1) is 0 Å². The number of carbonyl (C=O) groups is 1. The molecule has 1 aromatic heterocycles. The van der Waals surface area contributed by atoms with Crippen LogP contribution in [0.2, 0.25) is 0 Å². The summed E-state index contributed by atoms with van der Waals surface area (Å²) >= 11 is 0. The molecule has 0 bridgehead atoms. The fourth-order valence-electron chi connectivity index (χ4n) is 3.63. The van der Waals surface area contributed by atoms with Crippen LogP contribution in [-0.2, 0) is 26.9 Å². The van der Waals surface area contributed by atoms with E-state index in [9.17, 15) is 17.6 Å². The molecule has 4 rings (SSSR count). The predicted molar refractivity (Wildman–Crippen MR) is 124 cm³/mol. The van der Waals surface area contributed by atoms with Crippen LogP contribution in [0.3, 0.4) is 0 Å². The zero-order valence-corrected chi connectivity index (χ0v) is 18.6. The Balaban J connectivity index is 1.66. The van der Waals surface area contributed by atoms with Crippen molar-refractivity contribution >= 4 is 32.3 Å². The van der Waals surface area contributed by atoms with Gasteiger partial charge in [-0.1, -0.05) is 48.0 Å². The van der Waals surface area contributed by atoms with E-state index in [4.69, 9.17) is 0 Å². The van der Waals surface area contributed by atoms with E-state index < -0.39 is 9.84 Å². The Morgan fingerprint density at radius 2 is 1.62 bits per heavy atom. The average molecular weight is 451 g/mol. The van der Waals surface area contributed by atoms with Gasteiger partial charge >= 0.3 is 0 Å². The number of aromatic nitrogens is 1. The molecule has 4 aromatic rings. The monoisotopic (exact) mass is 450 g/mol. The minimum Gasteiger partial charge on any atom is -0.337 e. The molecule has 1 heterocycles.